The molecule has 92 valence electrons. The van der Waals surface area contributed by atoms with Crippen LogP contribution in [0.5, 0.6) is 5.75 Å². The van der Waals surface area contributed by atoms with Crippen LogP contribution in [0, 0.1) is 0 Å². The molecular formula is C14H19NO2. The highest BCUT2D eigenvalue weighted by Gasteiger charge is 2.29. The quantitative estimate of drug-likeness (QED) is 0.844. The van der Waals surface area contributed by atoms with Crippen LogP contribution in [0.15, 0.2) is 24.3 Å². The summed E-state index contributed by atoms with van der Waals surface area (Å²) < 4.78 is 5.82. The van der Waals surface area contributed by atoms with Crippen LogP contribution in [0.1, 0.15) is 25.3 Å². The first-order valence-corrected chi connectivity index (χ1v) is 6.09. The first-order valence-electron chi connectivity index (χ1n) is 6.09. The van der Waals surface area contributed by atoms with E-state index in [2.05, 4.69) is 5.32 Å². The van der Waals surface area contributed by atoms with Gasteiger partial charge in [0.25, 0.3) is 0 Å². The fourth-order valence-electron chi connectivity index (χ4n) is 2.06. The zero-order valence-electron chi connectivity index (χ0n) is 10.4. The van der Waals surface area contributed by atoms with Crippen molar-refractivity contribution >= 4 is 5.78 Å². The Hall–Kier alpha value is -1.35. The average molecular weight is 233 g/mol. The molecule has 1 aromatic rings. The zero-order valence-corrected chi connectivity index (χ0v) is 10.4. The van der Waals surface area contributed by atoms with Gasteiger partial charge in [-0.2, -0.15) is 0 Å². The molecule has 0 radical (unpaired) electrons. The number of Topliss-reactive ketones (excluding diaryl/α,β-unsaturated/α-hetero) is 1. The summed E-state index contributed by atoms with van der Waals surface area (Å²) in [7, 11) is 1.98. The largest absolute Gasteiger partial charge is 0.490 e. The molecule has 17 heavy (non-hydrogen) atoms. The molecule has 0 unspecified atom stereocenters. The Morgan fingerprint density at radius 3 is 2.53 bits per heavy atom. The fraction of sp³-hybridized carbons (Fsp3) is 0.500. The molecule has 0 amide bonds. The first kappa shape index (κ1) is 12.1. The predicted octanol–water partition coefficient (Wildman–Crippen LogP) is 1.95. The minimum Gasteiger partial charge on any atom is -0.490 e. The maximum Gasteiger partial charge on any atom is 0.134 e. The lowest BCUT2D eigenvalue weighted by atomic mass is 9.89. The van der Waals surface area contributed by atoms with Crippen LogP contribution in [0.3, 0.4) is 0 Å². The summed E-state index contributed by atoms with van der Waals surface area (Å²) in [4.78, 5) is 11.0. The van der Waals surface area contributed by atoms with E-state index in [0.717, 1.165) is 24.2 Å². The monoisotopic (exact) mass is 233 g/mol. The molecule has 1 aliphatic rings. The van der Waals surface area contributed by atoms with Crippen LogP contribution < -0.4 is 10.1 Å². The number of nitrogens with one attached hydrogen (secondary N) is 1. The predicted molar refractivity (Wildman–Crippen MR) is 67.3 cm³/mol. The lowest BCUT2D eigenvalue weighted by Crippen LogP contribution is -2.45. The standard InChI is InChI=1S/C14H19NO2/c1-10(16)7-11-3-5-13(6-4-11)17-14-8-12(9-14)15-2/h3-6,12,14-15H,7-9H2,1-2H3. The molecule has 0 spiro atoms. The van der Waals surface area contributed by atoms with Crippen LogP contribution in [-0.4, -0.2) is 25.0 Å². The number of ether oxygens (including phenoxy) is 1. The molecule has 1 aromatic carbocycles. The van der Waals surface area contributed by atoms with Gasteiger partial charge in [-0.1, -0.05) is 12.1 Å². The molecule has 0 saturated heterocycles. The molecule has 1 aliphatic carbocycles. The molecular weight excluding hydrogens is 214 g/mol. The highest BCUT2D eigenvalue weighted by atomic mass is 16.5. The lowest BCUT2D eigenvalue weighted by Gasteiger charge is -2.35. The van der Waals surface area contributed by atoms with Crippen molar-refractivity contribution in [3.8, 4) is 5.75 Å². The van der Waals surface area contributed by atoms with Crippen LogP contribution in [0.25, 0.3) is 0 Å². The second-order valence-corrected chi connectivity index (χ2v) is 4.72. The molecule has 3 nitrogen and oxygen atoms in total. The molecule has 1 fully saturated rings. The Morgan fingerprint density at radius 2 is 2.00 bits per heavy atom. The average Bonchev–Trinajstić information content (AvgIpc) is 2.24. The number of ketones is 1. The van der Waals surface area contributed by atoms with Crippen LogP contribution in [0.4, 0.5) is 0 Å². The number of carbonyl (C=O) groups excluding carboxylic acids is 1. The van der Waals surface area contributed by atoms with E-state index < -0.39 is 0 Å². The van der Waals surface area contributed by atoms with Gasteiger partial charge in [0, 0.05) is 12.5 Å². The highest BCUT2D eigenvalue weighted by molar-refractivity contribution is 5.78. The summed E-state index contributed by atoms with van der Waals surface area (Å²) >= 11 is 0. The molecule has 0 atom stereocenters. The minimum absolute atomic E-state index is 0.189. The Bertz CT molecular complexity index is 380. The second kappa shape index (κ2) is 5.32. The highest BCUT2D eigenvalue weighted by Crippen LogP contribution is 2.25. The molecule has 0 heterocycles. The topological polar surface area (TPSA) is 38.3 Å². The van der Waals surface area contributed by atoms with Gasteiger partial charge in [0.2, 0.25) is 0 Å². The van der Waals surface area contributed by atoms with Gasteiger partial charge in [-0.3, -0.25) is 4.79 Å². The Labute approximate surface area is 102 Å². The van der Waals surface area contributed by atoms with Gasteiger partial charge in [-0.15, -0.1) is 0 Å². The summed E-state index contributed by atoms with van der Waals surface area (Å²) in [6.45, 7) is 1.61. The number of hydrogen-bond donors (Lipinski definition) is 1. The van der Waals surface area contributed by atoms with Crippen molar-refractivity contribution in [2.24, 2.45) is 0 Å². The number of carbonyl (C=O) groups is 1. The Kier molecular flexibility index (Phi) is 3.79. The summed E-state index contributed by atoms with van der Waals surface area (Å²) in [6, 6.07) is 8.43. The minimum atomic E-state index is 0.189. The van der Waals surface area contributed by atoms with Gasteiger partial charge in [-0.05, 0) is 44.5 Å². The van der Waals surface area contributed by atoms with E-state index in [1.54, 1.807) is 6.92 Å². The van der Waals surface area contributed by atoms with E-state index >= 15 is 0 Å². The van der Waals surface area contributed by atoms with Crippen molar-refractivity contribution in [3.05, 3.63) is 29.8 Å². The molecule has 1 saturated carbocycles. The van der Waals surface area contributed by atoms with Crippen LogP contribution in [-0.2, 0) is 11.2 Å². The SMILES string of the molecule is CNC1CC(Oc2ccc(CC(C)=O)cc2)C1. The maximum atomic E-state index is 11.0. The Morgan fingerprint density at radius 1 is 1.35 bits per heavy atom. The van der Waals surface area contributed by atoms with Crippen molar-refractivity contribution in [2.75, 3.05) is 7.05 Å². The summed E-state index contributed by atoms with van der Waals surface area (Å²) in [6.07, 6.45) is 2.99. The van der Waals surface area contributed by atoms with Crippen LogP contribution in [0.2, 0.25) is 0 Å². The van der Waals surface area contributed by atoms with Gasteiger partial charge >= 0.3 is 0 Å². The van der Waals surface area contributed by atoms with Gasteiger partial charge < -0.3 is 10.1 Å². The maximum absolute atomic E-state index is 11.0. The molecule has 2 rings (SSSR count). The molecule has 3 heteroatoms. The van der Waals surface area contributed by atoms with Crippen molar-refractivity contribution in [1.29, 1.82) is 0 Å². The first-order chi connectivity index (χ1) is 8.17. The zero-order chi connectivity index (χ0) is 12.3. The van der Waals surface area contributed by atoms with Crippen LogP contribution >= 0.6 is 0 Å². The molecule has 0 aliphatic heterocycles. The van der Waals surface area contributed by atoms with Gasteiger partial charge in [0.1, 0.15) is 17.6 Å². The van der Waals surface area contributed by atoms with Gasteiger partial charge in [0.05, 0.1) is 0 Å². The number of benzene rings is 1. The smallest absolute Gasteiger partial charge is 0.134 e. The van der Waals surface area contributed by atoms with Crippen molar-refractivity contribution in [2.45, 2.75) is 38.3 Å². The van der Waals surface area contributed by atoms with Crippen molar-refractivity contribution in [1.82, 2.24) is 5.32 Å². The summed E-state index contributed by atoms with van der Waals surface area (Å²) in [5.41, 5.74) is 1.05. The van der Waals surface area contributed by atoms with Gasteiger partial charge in [0.15, 0.2) is 0 Å². The lowest BCUT2D eigenvalue weighted by molar-refractivity contribution is -0.116. The van der Waals surface area contributed by atoms with Crippen molar-refractivity contribution < 1.29 is 9.53 Å². The molecule has 0 bridgehead atoms. The normalized spacial score (nSPS) is 22.9. The molecule has 1 N–H and O–H groups in total. The van der Waals surface area contributed by atoms with Gasteiger partial charge in [-0.25, -0.2) is 0 Å². The van der Waals surface area contributed by atoms with E-state index in [1.807, 2.05) is 31.3 Å². The summed E-state index contributed by atoms with van der Waals surface area (Å²) in [5.74, 6) is 1.09. The second-order valence-electron chi connectivity index (χ2n) is 4.72. The fourth-order valence-corrected chi connectivity index (χ4v) is 2.06. The summed E-state index contributed by atoms with van der Waals surface area (Å²) in [5, 5.41) is 3.23. The Balaban J connectivity index is 1.84. The van der Waals surface area contributed by atoms with E-state index in [0.29, 0.717) is 18.6 Å². The van der Waals surface area contributed by atoms with E-state index in [1.165, 1.54) is 0 Å². The van der Waals surface area contributed by atoms with E-state index in [-0.39, 0.29) is 5.78 Å². The van der Waals surface area contributed by atoms with Crippen molar-refractivity contribution in [3.63, 3.8) is 0 Å². The molecule has 0 aromatic heterocycles. The third-order valence-electron chi connectivity index (χ3n) is 3.18. The van der Waals surface area contributed by atoms with E-state index in [9.17, 15) is 4.79 Å². The number of rotatable bonds is 5. The third kappa shape index (κ3) is 3.30. The van der Waals surface area contributed by atoms with E-state index in [4.69, 9.17) is 4.74 Å². The third-order valence-corrected chi connectivity index (χ3v) is 3.18. The number of hydrogen-bond acceptors (Lipinski definition) is 3.